The van der Waals surface area contributed by atoms with E-state index in [0.29, 0.717) is 11.0 Å². The molecular weight excluding hydrogens is 300 g/mol. The van der Waals surface area contributed by atoms with Crippen LogP contribution < -0.4 is 5.32 Å². The van der Waals surface area contributed by atoms with Crippen molar-refractivity contribution in [2.75, 3.05) is 6.61 Å². The van der Waals surface area contributed by atoms with E-state index < -0.39 is 4.92 Å². The van der Waals surface area contributed by atoms with Gasteiger partial charge in [-0.15, -0.1) is 0 Å². The standard InChI is InChI=1S/C12H15BrN2O3/c13-11-9(3-1-4-10(11)15(17)18)7-14-12(8-16)5-2-6-12/h1,3-4,14,16H,2,5-8H2. The summed E-state index contributed by atoms with van der Waals surface area (Å²) in [7, 11) is 0. The second kappa shape index (κ2) is 5.34. The monoisotopic (exact) mass is 314 g/mol. The summed E-state index contributed by atoms with van der Waals surface area (Å²) in [6, 6.07) is 4.98. The fourth-order valence-corrected chi connectivity index (χ4v) is 2.67. The number of aliphatic hydroxyl groups is 1. The first-order valence-corrected chi connectivity index (χ1v) is 6.65. The predicted octanol–water partition coefficient (Wildman–Crippen LogP) is 2.36. The summed E-state index contributed by atoms with van der Waals surface area (Å²) in [5, 5.41) is 23.5. The number of rotatable bonds is 5. The summed E-state index contributed by atoms with van der Waals surface area (Å²) in [6.45, 7) is 0.627. The summed E-state index contributed by atoms with van der Waals surface area (Å²) >= 11 is 3.27. The molecule has 2 rings (SSSR count). The molecule has 0 aromatic heterocycles. The zero-order valence-electron chi connectivity index (χ0n) is 9.86. The fraction of sp³-hybridized carbons (Fsp3) is 0.500. The molecule has 0 saturated heterocycles. The van der Waals surface area contributed by atoms with Crippen LogP contribution in [0.25, 0.3) is 0 Å². The van der Waals surface area contributed by atoms with Crippen molar-refractivity contribution in [2.24, 2.45) is 0 Å². The van der Waals surface area contributed by atoms with E-state index in [2.05, 4.69) is 21.2 Å². The number of hydrogen-bond donors (Lipinski definition) is 2. The van der Waals surface area contributed by atoms with E-state index in [1.807, 2.05) is 6.07 Å². The highest BCUT2D eigenvalue weighted by atomic mass is 79.9. The van der Waals surface area contributed by atoms with E-state index in [1.165, 1.54) is 6.07 Å². The topological polar surface area (TPSA) is 75.4 Å². The van der Waals surface area contributed by atoms with Gasteiger partial charge in [0.15, 0.2) is 0 Å². The molecule has 1 saturated carbocycles. The van der Waals surface area contributed by atoms with E-state index in [0.717, 1.165) is 24.8 Å². The summed E-state index contributed by atoms with van der Waals surface area (Å²) in [4.78, 5) is 10.4. The Bertz CT molecular complexity index is 455. The van der Waals surface area contributed by atoms with Crippen molar-refractivity contribution in [1.29, 1.82) is 0 Å². The molecule has 1 fully saturated rings. The van der Waals surface area contributed by atoms with Gasteiger partial charge < -0.3 is 10.4 Å². The fourth-order valence-electron chi connectivity index (χ4n) is 2.12. The van der Waals surface area contributed by atoms with Gasteiger partial charge in [-0.1, -0.05) is 12.1 Å². The Morgan fingerprint density at radius 1 is 1.50 bits per heavy atom. The average molecular weight is 315 g/mol. The smallest absolute Gasteiger partial charge is 0.283 e. The van der Waals surface area contributed by atoms with Gasteiger partial charge in [-0.2, -0.15) is 0 Å². The summed E-state index contributed by atoms with van der Waals surface area (Å²) < 4.78 is 0.509. The molecule has 18 heavy (non-hydrogen) atoms. The van der Waals surface area contributed by atoms with E-state index in [1.54, 1.807) is 6.07 Å². The molecule has 1 aliphatic rings. The van der Waals surface area contributed by atoms with Crippen molar-refractivity contribution in [3.63, 3.8) is 0 Å². The predicted molar refractivity (Wildman–Crippen MR) is 71.3 cm³/mol. The Morgan fingerprint density at radius 2 is 2.22 bits per heavy atom. The second-order valence-electron chi connectivity index (χ2n) is 4.65. The zero-order chi connectivity index (χ0) is 13.2. The van der Waals surface area contributed by atoms with Crippen LogP contribution in [0.3, 0.4) is 0 Å². The quantitative estimate of drug-likeness (QED) is 0.646. The Labute approximate surface area is 113 Å². The molecule has 0 heterocycles. The van der Waals surface area contributed by atoms with Gasteiger partial charge in [0, 0.05) is 18.2 Å². The number of nitro benzene ring substituents is 1. The van der Waals surface area contributed by atoms with Gasteiger partial charge in [0.05, 0.1) is 16.0 Å². The lowest BCUT2D eigenvalue weighted by molar-refractivity contribution is -0.385. The molecule has 0 spiro atoms. The normalized spacial score (nSPS) is 17.2. The van der Waals surface area contributed by atoms with Gasteiger partial charge in [0.1, 0.15) is 0 Å². The number of halogens is 1. The van der Waals surface area contributed by atoms with Crippen LogP contribution in [-0.2, 0) is 6.54 Å². The van der Waals surface area contributed by atoms with E-state index >= 15 is 0 Å². The molecule has 1 aliphatic carbocycles. The van der Waals surface area contributed by atoms with Crippen LogP contribution in [-0.4, -0.2) is 22.2 Å². The molecule has 1 aromatic carbocycles. The average Bonchev–Trinajstić information content (AvgIpc) is 2.29. The van der Waals surface area contributed by atoms with Crippen molar-refractivity contribution in [1.82, 2.24) is 5.32 Å². The molecule has 5 nitrogen and oxygen atoms in total. The molecule has 0 bridgehead atoms. The minimum atomic E-state index is -0.404. The van der Waals surface area contributed by atoms with E-state index in [4.69, 9.17) is 0 Å². The second-order valence-corrected chi connectivity index (χ2v) is 5.45. The van der Waals surface area contributed by atoms with Crippen molar-refractivity contribution in [3.05, 3.63) is 38.3 Å². The third-order valence-corrected chi connectivity index (χ3v) is 4.44. The lowest BCUT2D eigenvalue weighted by Gasteiger charge is -2.41. The maximum Gasteiger partial charge on any atom is 0.283 e. The van der Waals surface area contributed by atoms with Crippen LogP contribution >= 0.6 is 15.9 Å². The Morgan fingerprint density at radius 3 is 2.72 bits per heavy atom. The lowest BCUT2D eigenvalue weighted by Crippen LogP contribution is -2.53. The molecule has 98 valence electrons. The van der Waals surface area contributed by atoms with Crippen LogP contribution in [0.5, 0.6) is 0 Å². The molecule has 1 aromatic rings. The van der Waals surface area contributed by atoms with Crippen LogP contribution in [0.1, 0.15) is 24.8 Å². The highest BCUT2D eigenvalue weighted by Crippen LogP contribution is 2.33. The first kappa shape index (κ1) is 13.5. The number of nitro groups is 1. The maximum atomic E-state index is 10.8. The van der Waals surface area contributed by atoms with Crippen molar-refractivity contribution in [3.8, 4) is 0 Å². The third kappa shape index (κ3) is 2.55. The number of nitrogens with one attached hydrogen (secondary N) is 1. The molecule has 0 atom stereocenters. The highest BCUT2D eigenvalue weighted by Gasteiger charge is 2.35. The van der Waals surface area contributed by atoms with Gasteiger partial charge in [0.2, 0.25) is 0 Å². The van der Waals surface area contributed by atoms with Crippen LogP contribution in [0.15, 0.2) is 22.7 Å². The van der Waals surface area contributed by atoms with Gasteiger partial charge >= 0.3 is 0 Å². The first-order valence-electron chi connectivity index (χ1n) is 5.86. The lowest BCUT2D eigenvalue weighted by atomic mass is 9.77. The van der Waals surface area contributed by atoms with E-state index in [-0.39, 0.29) is 17.8 Å². The van der Waals surface area contributed by atoms with Gasteiger partial charge in [0.25, 0.3) is 5.69 Å². The van der Waals surface area contributed by atoms with Crippen molar-refractivity contribution < 1.29 is 10.0 Å². The van der Waals surface area contributed by atoms with Crippen molar-refractivity contribution in [2.45, 2.75) is 31.3 Å². The van der Waals surface area contributed by atoms with Crippen LogP contribution in [0, 0.1) is 10.1 Å². The Kier molecular flexibility index (Phi) is 3.99. The zero-order valence-corrected chi connectivity index (χ0v) is 11.4. The number of hydrogen-bond acceptors (Lipinski definition) is 4. The minimum absolute atomic E-state index is 0.0703. The van der Waals surface area contributed by atoms with Crippen molar-refractivity contribution >= 4 is 21.6 Å². The van der Waals surface area contributed by atoms with Gasteiger partial charge in [-0.05, 0) is 40.8 Å². The molecule has 2 N–H and O–H groups in total. The summed E-state index contributed by atoms with van der Waals surface area (Å²) in [5.41, 5.74) is 0.717. The molecule has 0 unspecified atom stereocenters. The largest absolute Gasteiger partial charge is 0.394 e. The SMILES string of the molecule is O=[N+]([O-])c1cccc(CNC2(CO)CCC2)c1Br. The third-order valence-electron chi connectivity index (χ3n) is 3.52. The molecule has 0 radical (unpaired) electrons. The Hall–Kier alpha value is -0.980. The van der Waals surface area contributed by atoms with Gasteiger partial charge in [-0.3, -0.25) is 10.1 Å². The molecular formula is C12H15BrN2O3. The molecule has 6 heteroatoms. The first-order chi connectivity index (χ1) is 8.58. The van der Waals surface area contributed by atoms with Crippen LogP contribution in [0.4, 0.5) is 5.69 Å². The Balaban J connectivity index is 2.10. The summed E-state index contributed by atoms with van der Waals surface area (Å²) in [6.07, 6.45) is 3.02. The number of aliphatic hydroxyl groups excluding tert-OH is 1. The van der Waals surface area contributed by atoms with E-state index in [9.17, 15) is 15.2 Å². The minimum Gasteiger partial charge on any atom is -0.394 e. The maximum absolute atomic E-state index is 10.8. The van der Waals surface area contributed by atoms with Gasteiger partial charge in [-0.25, -0.2) is 0 Å². The summed E-state index contributed by atoms with van der Waals surface area (Å²) in [5.74, 6) is 0. The number of benzene rings is 1. The van der Waals surface area contributed by atoms with Crippen LogP contribution in [0.2, 0.25) is 0 Å². The number of nitrogens with zero attached hydrogens (tertiary/aromatic N) is 1. The molecule has 0 aliphatic heterocycles. The highest BCUT2D eigenvalue weighted by molar-refractivity contribution is 9.10. The molecule has 0 amide bonds.